The predicted molar refractivity (Wildman–Crippen MR) is 57.0 cm³/mol. The number of benzene rings is 1. The Balaban J connectivity index is 1.93. The molecule has 0 N–H and O–H groups in total. The highest BCUT2D eigenvalue weighted by Gasteiger charge is 2.31. The molecule has 1 aromatic rings. The summed E-state index contributed by atoms with van der Waals surface area (Å²) in [6, 6.07) is 7.75. The number of anilines is 1. The number of hydrogen-bond acceptors (Lipinski definition) is 2. The third kappa shape index (κ3) is 1.58. The van der Waals surface area contributed by atoms with Crippen LogP contribution in [0.3, 0.4) is 0 Å². The number of amides is 1. The molecule has 0 aromatic heterocycles. The van der Waals surface area contributed by atoms with Gasteiger partial charge in [-0.15, -0.1) is 0 Å². The molecular weight excluding hydrogens is 190 g/mol. The fraction of sp³-hybridized carbons (Fsp3) is 0.417. The first-order chi connectivity index (χ1) is 7.34. The van der Waals surface area contributed by atoms with Crippen LogP contribution < -0.4 is 9.64 Å². The van der Waals surface area contributed by atoms with Crippen LogP contribution in [0.25, 0.3) is 0 Å². The molecule has 0 unspecified atom stereocenters. The van der Waals surface area contributed by atoms with Crippen LogP contribution in [0.1, 0.15) is 12.8 Å². The SMILES string of the molecule is O=C1COc2ccccc2N1CC1CC1. The van der Waals surface area contributed by atoms with Crippen molar-refractivity contribution in [3.8, 4) is 5.75 Å². The number of fused-ring (bicyclic) bond motifs is 1. The normalized spacial score (nSPS) is 19.7. The highest BCUT2D eigenvalue weighted by atomic mass is 16.5. The summed E-state index contributed by atoms with van der Waals surface area (Å²) in [5.41, 5.74) is 0.931. The number of rotatable bonds is 2. The molecule has 2 aliphatic rings. The molecule has 3 rings (SSSR count). The molecule has 1 amide bonds. The molecule has 1 heterocycles. The summed E-state index contributed by atoms with van der Waals surface area (Å²) in [5, 5.41) is 0. The van der Waals surface area contributed by atoms with E-state index in [0.29, 0.717) is 5.92 Å². The number of carbonyl (C=O) groups excluding carboxylic acids is 1. The van der Waals surface area contributed by atoms with Crippen molar-refractivity contribution < 1.29 is 9.53 Å². The highest BCUT2D eigenvalue weighted by molar-refractivity contribution is 5.97. The van der Waals surface area contributed by atoms with Gasteiger partial charge < -0.3 is 9.64 Å². The van der Waals surface area contributed by atoms with E-state index in [-0.39, 0.29) is 12.5 Å². The highest BCUT2D eigenvalue weighted by Crippen LogP contribution is 2.36. The Labute approximate surface area is 88.6 Å². The lowest BCUT2D eigenvalue weighted by molar-refractivity contribution is -0.121. The molecule has 3 nitrogen and oxygen atoms in total. The van der Waals surface area contributed by atoms with Crippen LogP contribution in [-0.2, 0) is 4.79 Å². The first-order valence-corrected chi connectivity index (χ1v) is 5.37. The maximum Gasteiger partial charge on any atom is 0.265 e. The van der Waals surface area contributed by atoms with E-state index in [9.17, 15) is 4.79 Å². The quantitative estimate of drug-likeness (QED) is 0.733. The van der Waals surface area contributed by atoms with Gasteiger partial charge in [-0.1, -0.05) is 12.1 Å². The third-order valence-electron chi connectivity index (χ3n) is 2.95. The van der Waals surface area contributed by atoms with E-state index >= 15 is 0 Å². The van der Waals surface area contributed by atoms with Crippen LogP contribution in [0, 0.1) is 5.92 Å². The largest absolute Gasteiger partial charge is 0.482 e. The minimum atomic E-state index is 0.0839. The van der Waals surface area contributed by atoms with Crippen LogP contribution >= 0.6 is 0 Å². The van der Waals surface area contributed by atoms with Crippen LogP contribution in [0.15, 0.2) is 24.3 Å². The van der Waals surface area contributed by atoms with Crippen LogP contribution in [0.4, 0.5) is 5.69 Å². The second-order valence-electron chi connectivity index (χ2n) is 4.20. The van der Waals surface area contributed by atoms with Crippen molar-refractivity contribution in [2.45, 2.75) is 12.8 Å². The van der Waals surface area contributed by atoms with Crippen molar-refractivity contribution in [2.24, 2.45) is 5.92 Å². The van der Waals surface area contributed by atoms with Gasteiger partial charge in [-0.3, -0.25) is 4.79 Å². The van der Waals surface area contributed by atoms with Gasteiger partial charge in [0.05, 0.1) is 5.69 Å². The predicted octanol–water partition coefficient (Wildman–Crippen LogP) is 1.82. The standard InChI is InChI=1S/C12H13NO2/c14-12-8-15-11-4-2-1-3-10(11)13(12)7-9-5-6-9/h1-4,9H,5-8H2. The molecule has 0 saturated heterocycles. The van der Waals surface area contributed by atoms with Gasteiger partial charge >= 0.3 is 0 Å². The molecule has 0 radical (unpaired) electrons. The van der Waals surface area contributed by atoms with Crippen LogP contribution in [0.5, 0.6) is 5.75 Å². The molecule has 1 fully saturated rings. The topological polar surface area (TPSA) is 29.5 Å². The van der Waals surface area contributed by atoms with E-state index < -0.39 is 0 Å². The van der Waals surface area contributed by atoms with Crippen LogP contribution in [-0.4, -0.2) is 19.1 Å². The lowest BCUT2D eigenvalue weighted by Gasteiger charge is -2.29. The second-order valence-corrected chi connectivity index (χ2v) is 4.20. The van der Waals surface area contributed by atoms with Gasteiger partial charge in [0.1, 0.15) is 5.75 Å². The van der Waals surface area contributed by atoms with Gasteiger partial charge in [-0.05, 0) is 30.9 Å². The Morgan fingerprint density at radius 2 is 2.13 bits per heavy atom. The maximum atomic E-state index is 11.7. The minimum absolute atomic E-state index is 0.0839. The van der Waals surface area contributed by atoms with Gasteiger partial charge in [-0.25, -0.2) is 0 Å². The first kappa shape index (κ1) is 8.77. The summed E-state index contributed by atoms with van der Waals surface area (Å²) in [6.45, 7) is 1.04. The number of ether oxygens (including phenoxy) is 1. The van der Waals surface area contributed by atoms with E-state index in [0.717, 1.165) is 18.0 Å². The molecule has 3 heteroatoms. The lowest BCUT2D eigenvalue weighted by Crippen LogP contribution is -2.40. The van der Waals surface area contributed by atoms with Gasteiger partial charge in [0, 0.05) is 6.54 Å². The summed E-state index contributed by atoms with van der Waals surface area (Å²) in [5.74, 6) is 1.62. The Hall–Kier alpha value is -1.51. The van der Waals surface area contributed by atoms with Gasteiger partial charge in [0.25, 0.3) is 5.91 Å². The van der Waals surface area contributed by atoms with Gasteiger partial charge in [0.2, 0.25) is 0 Å². The average Bonchev–Trinajstić information content (AvgIpc) is 3.06. The molecule has 0 spiro atoms. The van der Waals surface area contributed by atoms with Gasteiger partial charge in [0.15, 0.2) is 6.61 Å². The fourth-order valence-electron chi connectivity index (χ4n) is 1.91. The summed E-state index contributed by atoms with van der Waals surface area (Å²) in [7, 11) is 0. The van der Waals surface area contributed by atoms with Crippen molar-refractivity contribution in [1.82, 2.24) is 0 Å². The Morgan fingerprint density at radius 1 is 1.33 bits per heavy atom. The van der Waals surface area contributed by atoms with Crippen molar-refractivity contribution in [3.63, 3.8) is 0 Å². The van der Waals surface area contributed by atoms with E-state index in [2.05, 4.69) is 0 Å². The number of nitrogens with zero attached hydrogens (tertiary/aromatic N) is 1. The molecule has 0 bridgehead atoms. The molecule has 78 valence electrons. The summed E-state index contributed by atoms with van der Waals surface area (Å²) < 4.78 is 5.38. The Morgan fingerprint density at radius 3 is 2.93 bits per heavy atom. The van der Waals surface area contributed by atoms with E-state index in [1.54, 1.807) is 0 Å². The van der Waals surface area contributed by atoms with E-state index in [1.165, 1.54) is 12.8 Å². The molecule has 1 aromatic carbocycles. The van der Waals surface area contributed by atoms with E-state index in [4.69, 9.17) is 4.74 Å². The smallest absolute Gasteiger partial charge is 0.265 e. The maximum absolute atomic E-state index is 11.7. The van der Waals surface area contributed by atoms with Crippen molar-refractivity contribution >= 4 is 11.6 Å². The minimum Gasteiger partial charge on any atom is -0.482 e. The summed E-state index contributed by atoms with van der Waals surface area (Å²) in [4.78, 5) is 13.6. The zero-order valence-corrected chi connectivity index (χ0v) is 8.48. The number of para-hydroxylation sites is 2. The Bertz CT molecular complexity index is 398. The monoisotopic (exact) mass is 203 g/mol. The first-order valence-electron chi connectivity index (χ1n) is 5.37. The lowest BCUT2D eigenvalue weighted by atomic mass is 10.2. The molecule has 1 saturated carbocycles. The second kappa shape index (κ2) is 3.26. The third-order valence-corrected chi connectivity index (χ3v) is 2.95. The molecule has 0 atom stereocenters. The zero-order valence-electron chi connectivity index (χ0n) is 8.48. The Kier molecular flexibility index (Phi) is 1.91. The van der Waals surface area contributed by atoms with Crippen molar-refractivity contribution in [3.05, 3.63) is 24.3 Å². The summed E-state index contributed by atoms with van der Waals surface area (Å²) in [6.07, 6.45) is 2.51. The molecule has 1 aliphatic carbocycles. The molecular formula is C12H13NO2. The van der Waals surface area contributed by atoms with Crippen molar-refractivity contribution in [1.29, 1.82) is 0 Å². The zero-order chi connectivity index (χ0) is 10.3. The van der Waals surface area contributed by atoms with E-state index in [1.807, 2.05) is 29.2 Å². The van der Waals surface area contributed by atoms with Crippen LogP contribution in [0.2, 0.25) is 0 Å². The number of carbonyl (C=O) groups is 1. The number of hydrogen-bond donors (Lipinski definition) is 0. The molecule has 15 heavy (non-hydrogen) atoms. The summed E-state index contributed by atoms with van der Waals surface area (Å²) >= 11 is 0. The average molecular weight is 203 g/mol. The molecule has 1 aliphatic heterocycles. The van der Waals surface area contributed by atoms with Crippen molar-refractivity contribution in [2.75, 3.05) is 18.1 Å². The fourth-order valence-corrected chi connectivity index (χ4v) is 1.91. The van der Waals surface area contributed by atoms with Gasteiger partial charge in [-0.2, -0.15) is 0 Å².